The van der Waals surface area contributed by atoms with Crippen molar-refractivity contribution in [1.82, 2.24) is 15.5 Å². The quantitative estimate of drug-likeness (QED) is 0.654. The third kappa shape index (κ3) is 5.04. The van der Waals surface area contributed by atoms with Crippen molar-refractivity contribution in [2.75, 3.05) is 26.7 Å². The lowest BCUT2D eigenvalue weighted by Gasteiger charge is -2.29. The highest BCUT2D eigenvalue weighted by atomic mass is 16.4. The summed E-state index contributed by atoms with van der Waals surface area (Å²) in [4.78, 5) is 24.2. The summed E-state index contributed by atoms with van der Waals surface area (Å²) < 4.78 is 0. The van der Waals surface area contributed by atoms with Gasteiger partial charge in [-0.25, -0.2) is 4.79 Å². The van der Waals surface area contributed by atoms with Crippen LogP contribution in [0.3, 0.4) is 0 Å². The molecule has 0 aliphatic carbocycles. The van der Waals surface area contributed by atoms with E-state index in [1.165, 1.54) is 6.92 Å². The summed E-state index contributed by atoms with van der Waals surface area (Å²) in [5.74, 6) is -0.572. The summed E-state index contributed by atoms with van der Waals surface area (Å²) in [6.45, 7) is 4.13. The average Bonchev–Trinajstić information content (AvgIpc) is 2.26. The third-order valence-electron chi connectivity index (χ3n) is 2.99. The number of piperidine rings is 1. The summed E-state index contributed by atoms with van der Waals surface area (Å²) in [5, 5.41) is 13.7. The molecule has 17 heavy (non-hydrogen) atoms. The Morgan fingerprint density at radius 1 is 1.53 bits per heavy atom. The largest absolute Gasteiger partial charge is 0.480 e. The molecule has 1 rings (SSSR count). The predicted octanol–water partition coefficient (Wildman–Crippen LogP) is 0.101. The van der Waals surface area contributed by atoms with Crippen LogP contribution in [0.25, 0.3) is 0 Å². The molecule has 0 bridgehead atoms. The molecule has 0 spiro atoms. The lowest BCUT2D eigenvalue weighted by atomic mass is 9.99. The lowest BCUT2D eigenvalue weighted by molar-refractivity contribution is -0.138. The van der Waals surface area contributed by atoms with Crippen LogP contribution in [-0.2, 0) is 4.79 Å². The van der Waals surface area contributed by atoms with Gasteiger partial charge in [-0.1, -0.05) is 0 Å². The standard InChI is InChI=1S/C11H21N3O3/c1-8(10(15)16)13-11(17)12-6-9-4-3-5-14(2)7-9/h8-9H,3-7H2,1-2H3,(H,15,16)(H2,12,13,17)/t8-,9?/m0/s1. The van der Waals surface area contributed by atoms with Crippen molar-refractivity contribution in [2.45, 2.75) is 25.8 Å². The number of amides is 2. The second-order valence-electron chi connectivity index (χ2n) is 4.68. The number of aliphatic carboxylic acids is 1. The number of nitrogens with zero attached hydrogens (tertiary/aromatic N) is 1. The zero-order valence-electron chi connectivity index (χ0n) is 10.4. The molecule has 2 amide bonds. The highest BCUT2D eigenvalue weighted by Gasteiger charge is 2.18. The molecular formula is C11H21N3O3. The SMILES string of the molecule is C[C@H](NC(=O)NCC1CCCN(C)C1)C(=O)O. The number of rotatable bonds is 4. The van der Waals surface area contributed by atoms with Crippen molar-refractivity contribution in [1.29, 1.82) is 0 Å². The van der Waals surface area contributed by atoms with Gasteiger partial charge in [0.1, 0.15) is 6.04 Å². The van der Waals surface area contributed by atoms with Gasteiger partial charge in [0.25, 0.3) is 0 Å². The van der Waals surface area contributed by atoms with Gasteiger partial charge in [-0.15, -0.1) is 0 Å². The Morgan fingerprint density at radius 2 is 2.24 bits per heavy atom. The second-order valence-corrected chi connectivity index (χ2v) is 4.68. The molecule has 0 aromatic rings. The normalized spacial score (nSPS) is 22.8. The van der Waals surface area contributed by atoms with E-state index in [4.69, 9.17) is 5.11 Å². The van der Waals surface area contributed by atoms with Crippen molar-refractivity contribution in [3.05, 3.63) is 0 Å². The fraction of sp³-hybridized carbons (Fsp3) is 0.818. The van der Waals surface area contributed by atoms with Gasteiger partial charge < -0.3 is 20.6 Å². The first-order valence-electron chi connectivity index (χ1n) is 5.94. The van der Waals surface area contributed by atoms with Crippen molar-refractivity contribution in [3.63, 3.8) is 0 Å². The molecule has 1 unspecified atom stereocenters. The van der Waals surface area contributed by atoms with Gasteiger partial charge in [-0.2, -0.15) is 0 Å². The summed E-state index contributed by atoms with van der Waals surface area (Å²) in [6.07, 6.45) is 2.26. The summed E-state index contributed by atoms with van der Waals surface area (Å²) in [5.41, 5.74) is 0. The summed E-state index contributed by atoms with van der Waals surface area (Å²) >= 11 is 0. The second kappa shape index (κ2) is 6.44. The number of hydrogen-bond donors (Lipinski definition) is 3. The fourth-order valence-corrected chi connectivity index (χ4v) is 1.99. The lowest BCUT2D eigenvalue weighted by Crippen LogP contribution is -2.47. The van der Waals surface area contributed by atoms with Gasteiger partial charge in [-0.3, -0.25) is 4.79 Å². The van der Waals surface area contributed by atoms with Gasteiger partial charge in [0.2, 0.25) is 0 Å². The van der Waals surface area contributed by atoms with E-state index < -0.39 is 18.0 Å². The van der Waals surface area contributed by atoms with E-state index in [1.54, 1.807) is 0 Å². The molecule has 98 valence electrons. The summed E-state index contributed by atoms with van der Waals surface area (Å²) in [7, 11) is 2.07. The molecule has 1 aliphatic rings. The zero-order valence-corrected chi connectivity index (χ0v) is 10.4. The number of carboxylic acids is 1. The number of carbonyl (C=O) groups excluding carboxylic acids is 1. The first-order valence-corrected chi connectivity index (χ1v) is 5.94. The minimum Gasteiger partial charge on any atom is -0.480 e. The molecule has 1 aliphatic heterocycles. The van der Waals surface area contributed by atoms with Crippen LogP contribution in [0.2, 0.25) is 0 Å². The first kappa shape index (κ1) is 13.8. The van der Waals surface area contributed by atoms with E-state index in [9.17, 15) is 9.59 Å². The average molecular weight is 243 g/mol. The van der Waals surface area contributed by atoms with E-state index in [2.05, 4.69) is 22.6 Å². The van der Waals surface area contributed by atoms with Crippen molar-refractivity contribution in [3.8, 4) is 0 Å². The number of carboxylic acid groups (broad SMARTS) is 1. The van der Waals surface area contributed by atoms with Crippen LogP contribution >= 0.6 is 0 Å². The van der Waals surface area contributed by atoms with E-state index in [0.717, 1.165) is 25.9 Å². The molecule has 1 fully saturated rings. The highest BCUT2D eigenvalue weighted by molar-refractivity contribution is 5.82. The number of carbonyl (C=O) groups is 2. The Morgan fingerprint density at radius 3 is 2.82 bits per heavy atom. The number of likely N-dealkylation sites (tertiary alicyclic amines) is 1. The molecule has 1 heterocycles. The molecule has 6 nitrogen and oxygen atoms in total. The van der Waals surface area contributed by atoms with Gasteiger partial charge in [0, 0.05) is 13.1 Å². The topological polar surface area (TPSA) is 81.7 Å². The first-order chi connectivity index (χ1) is 7.99. The third-order valence-corrected chi connectivity index (χ3v) is 2.99. The fourth-order valence-electron chi connectivity index (χ4n) is 1.99. The maximum absolute atomic E-state index is 11.4. The van der Waals surface area contributed by atoms with Crippen LogP contribution in [0.15, 0.2) is 0 Å². The molecule has 0 radical (unpaired) electrons. The van der Waals surface area contributed by atoms with E-state index in [0.29, 0.717) is 12.5 Å². The Balaban J connectivity index is 2.21. The molecule has 0 aromatic carbocycles. The predicted molar refractivity (Wildman–Crippen MR) is 63.9 cm³/mol. The summed E-state index contributed by atoms with van der Waals surface area (Å²) in [6, 6.07) is -1.27. The molecule has 0 aromatic heterocycles. The van der Waals surface area contributed by atoms with Crippen LogP contribution < -0.4 is 10.6 Å². The zero-order chi connectivity index (χ0) is 12.8. The van der Waals surface area contributed by atoms with E-state index in [-0.39, 0.29) is 0 Å². The molecule has 1 saturated heterocycles. The van der Waals surface area contributed by atoms with Crippen LogP contribution in [-0.4, -0.2) is 54.7 Å². The minimum absolute atomic E-state index is 0.409. The number of nitrogens with one attached hydrogen (secondary N) is 2. The van der Waals surface area contributed by atoms with Crippen molar-refractivity contribution >= 4 is 12.0 Å². The molecule has 2 atom stereocenters. The maximum atomic E-state index is 11.4. The van der Waals surface area contributed by atoms with Crippen molar-refractivity contribution in [2.24, 2.45) is 5.92 Å². The minimum atomic E-state index is -1.03. The maximum Gasteiger partial charge on any atom is 0.325 e. The van der Waals surface area contributed by atoms with Crippen LogP contribution in [0.4, 0.5) is 4.79 Å². The Kier molecular flexibility index (Phi) is 5.21. The molecular weight excluding hydrogens is 222 g/mol. The van der Waals surface area contributed by atoms with E-state index >= 15 is 0 Å². The van der Waals surface area contributed by atoms with Crippen LogP contribution in [0.1, 0.15) is 19.8 Å². The van der Waals surface area contributed by atoms with Gasteiger partial charge >= 0.3 is 12.0 Å². The number of urea groups is 1. The highest BCUT2D eigenvalue weighted by Crippen LogP contribution is 2.13. The Labute approximate surface area is 101 Å². The van der Waals surface area contributed by atoms with Crippen LogP contribution in [0, 0.1) is 5.92 Å². The molecule has 6 heteroatoms. The number of hydrogen-bond acceptors (Lipinski definition) is 3. The van der Waals surface area contributed by atoms with Gasteiger partial charge in [0.15, 0.2) is 0 Å². The Hall–Kier alpha value is -1.30. The van der Waals surface area contributed by atoms with Crippen LogP contribution in [0.5, 0.6) is 0 Å². The van der Waals surface area contributed by atoms with Crippen molar-refractivity contribution < 1.29 is 14.7 Å². The van der Waals surface area contributed by atoms with E-state index in [1.807, 2.05) is 0 Å². The smallest absolute Gasteiger partial charge is 0.325 e. The molecule has 3 N–H and O–H groups in total. The monoisotopic (exact) mass is 243 g/mol. The Bertz CT molecular complexity index is 283. The van der Waals surface area contributed by atoms with Gasteiger partial charge in [-0.05, 0) is 39.3 Å². The molecule has 0 saturated carbocycles. The van der Waals surface area contributed by atoms with Gasteiger partial charge in [0.05, 0.1) is 0 Å².